The number of carboxylic acids is 1. The van der Waals surface area contributed by atoms with Crippen LogP contribution in [-0.4, -0.2) is 22.6 Å². The molecule has 1 aromatic rings. The van der Waals surface area contributed by atoms with Crippen LogP contribution in [-0.2, 0) is 9.59 Å². The Morgan fingerprint density at radius 2 is 2.00 bits per heavy atom. The Bertz CT molecular complexity index is 377. The predicted octanol–water partition coefficient (Wildman–Crippen LogP) is 0.0312. The first-order chi connectivity index (χ1) is 7.54. The lowest BCUT2D eigenvalue weighted by atomic mass is 10.1. The highest BCUT2D eigenvalue weighted by molar-refractivity contribution is 5.73. The standard InChI is InChI=1S/C10H12N2O4/c11-12(6-13)8-3-1-7(2-4-8)9(14)5-10(15)16/h1-4,6,9,14H,5,11H2,(H,15,16). The molecule has 1 aromatic carbocycles. The number of carbonyl (C=O) groups is 2. The lowest BCUT2D eigenvalue weighted by Gasteiger charge is -2.12. The van der Waals surface area contributed by atoms with Crippen LogP contribution in [0.4, 0.5) is 5.69 Å². The van der Waals surface area contributed by atoms with Crippen LogP contribution in [0.3, 0.4) is 0 Å². The zero-order valence-corrected chi connectivity index (χ0v) is 8.41. The molecule has 0 aliphatic rings. The number of rotatable bonds is 5. The van der Waals surface area contributed by atoms with E-state index in [9.17, 15) is 14.7 Å². The van der Waals surface area contributed by atoms with Crippen molar-refractivity contribution in [3.8, 4) is 0 Å². The Hall–Kier alpha value is -1.92. The fraction of sp³-hybridized carbons (Fsp3) is 0.200. The minimum absolute atomic E-state index is 0.362. The fourth-order valence-electron chi connectivity index (χ4n) is 1.21. The molecule has 0 aliphatic carbocycles. The van der Waals surface area contributed by atoms with E-state index in [-0.39, 0.29) is 6.42 Å². The van der Waals surface area contributed by atoms with Crippen LogP contribution >= 0.6 is 0 Å². The molecule has 1 rings (SSSR count). The highest BCUT2D eigenvalue weighted by atomic mass is 16.4. The van der Waals surface area contributed by atoms with Gasteiger partial charge in [-0.15, -0.1) is 0 Å². The van der Waals surface area contributed by atoms with Crippen molar-refractivity contribution >= 4 is 18.1 Å². The number of aliphatic hydroxyl groups is 1. The lowest BCUT2D eigenvalue weighted by Crippen LogP contribution is -2.28. The normalized spacial score (nSPS) is 11.9. The zero-order chi connectivity index (χ0) is 12.1. The quantitative estimate of drug-likeness (QED) is 0.283. The average Bonchev–Trinajstić information content (AvgIpc) is 2.27. The number of nitrogens with two attached hydrogens (primary N) is 1. The summed E-state index contributed by atoms with van der Waals surface area (Å²) in [5.74, 6) is 4.23. The second-order valence-electron chi connectivity index (χ2n) is 3.22. The van der Waals surface area contributed by atoms with Crippen LogP contribution < -0.4 is 10.9 Å². The largest absolute Gasteiger partial charge is 0.481 e. The summed E-state index contributed by atoms with van der Waals surface area (Å²) in [4.78, 5) is 20.7. The molecule has 0 aliphatic heterocycles. The first-order valence-corrected chi connectivity index (χ1v) is 4.53. The molecule has 0 spiro atoms. The molecule has 1 unspecified atom stereocenters. The molecule has 0 saturated heterocycles. The van der Waals surface area contributed by atoms with Gasteiger partial charge in [0, 0.05) is 0 Å². The number of benzene rings is 1. The molecule has 0 radical (unpaired) electrons. The van der Waals surface area contributed by atoms with Gasteiger partial charge in [0.2, 0.25) is 6.41 Å². The molecule has 16 heavy (non-hydrogen) atoms. The molecule has 4 N–H and O–H groups in total. The molecule has 6 nitrogen and oxygen atoms in total. The molecule has 0 saturated carbocycles. The minimum atomic E-state index is -1.08. The van der Waals surface area contributed by atoms with Crippen LogP contribution in [0.15, 0.2) is 24.3 Å². The third kappa shape index (κ3) is 3.04. The van der Waals surface area contributed by atoms with Crippen LogP contribution in [0.1, 0.15) is 18.1 Å². The van der Waals surface area contributed by atoms with Gasteiger partial charge in [-0.05, 0) is 17.7 Å². The SMILES string of the molecule is NN(C=O)c1ccc(C(O)CC(=O)O)cc1. The summed E-state index contributed by atoms with van der Waals surface area (Å²) in [6, 6.07) is 6.09. The summed E-state index contributed by atoms with van der Waals surface area (Å²) in [5, 5.41) is 18.9. The summed E-state index contributed by atoms with van der Waals surface area (Å²) in [7, 11) is 0. The van der Waals surface area contributed by atoms with Crippen molar-refractivity contribution in [3.63, 3.8) is 0 Å². The van der Waals surface area contributed by atoms with Crippen LogP contribution in [0.25, 0.3) is 0 Å². The number of anilines is 1. The zero-order valence-electron chi connectivity index (χ0n) is 8.41. The van der Waals surface area contributed by atoms with Gasteiger partial charge >= 0.3 is 5.97 Å². The predicted molar refractivity (Wildman–Crippen MR) is 56.4 cm³/mol. The van der Waals surface area contributed by atoms with Gasteiger partial charge in [0.25, 0.3) is 0 Å². The number of nitrogens with zero attached hydrogens (tertiary/aromatic N) is 1. The highest BCUT2D eigenvalue weighted by Gasteiger charge is 2.12. The fourth-order valence-corrected chi connectivity index (χ4v) is 1.21. The van der Waals surface area contributed by atoms with E-state index in [1.54, 1.807) is 0 Å². The Balaban J connectivity index is 2.78. The van der Waals surface area contributed by atoms with Crippen LogP contribution in [0.2, 0.25) is 0 Å². The van der Waals surface area contributed by atoms with Gasteiger partial charge < -0.3 is 10.2 Å². The summed E-state index contributed by atoms with van der Waals surface area (Å²) >= 11 is 0. The lowest BCUT2D eigenvalue weighted by molar-refractivity contribution is -0.139. The smallest absolute Gasteiger partial charge is 0.306 e. The third-order valence-corrected chi connectivity index (χ3v) is 2.06. The second-order valence-corrected chi connectivity index (χ2v) is 3.22. The maximum atomic E-state index is 10.4. The van der Waals surface area contributed by atoms with Crippen molar-refractivity contribution < 1.29 is 19.8 Å². The van der Waals surface area contributed by atoms with Crippen molar-refractivity contribution in [2.75, 3.05) is 5.01 Å². The van der Waals surface area contributed by atoms with Crippen LogP contribution in [0, 0.1) is 0 Å². The average molecular weight is 224 g/mol. The summed E-state index contributed by atoms with van der Waals surface area (Å²) in [6.07, 6.45) is -0.976. The molecule has 86 valence electrons. The van der Waals surface area contributed by atoms with E-state index in [0.717, 1.165) is 5.01 Å². The third-order valence-electron chi connectivity index (χ3n) is 2.06. The minimum Gasteiger partial charge on any atom is -0.481 e. The van der Waals surface area contributed by atoms with Gasteiger partial charge in [0.1, 0.15) is 0 Å². The van der Waals surface area contributed by atoms with Gasteiger partial charge in [-0.3, -0.25) is 14.6 Å². The number of amides is 1. The highest BCUT2D eigenvalue weighted by Crippen LogP contribution is 2.19. The monoisotopic (exact) mass is 224 g/mol. The summed E-state index contributed by atoms with van der Waals surface area (Å²) in [5.41, 5.74) is 0.923. The molecular weight excluding hydrogens is 212 g/mol. The van der Waals surface area contributed by atoms with Crippen molar-refractivity contribution in [3.05, 3.63) is 29.8 Å². The number of hydrogen-bond donors (Lipinski definition) is 3. The molecule has 1 amide bonds. The number of aliphatic carboxylic acids is 1. The van der Waals surface area contributed by atoms with Gasteiger partial charge in [-0.2, -0.15) is 0 Å². The van der Waals surface area contributed by atoms with E-state index in [4.69, 9.17) is 10.9 Å². The molecule has 0 heterocycles. The summed E-state index contributed by atoms with van der Waals surface area (Å²) in [6.45, 7) is 0. The molecule has 1 atom stereocenters. The van der Waals surface area contributed by atoms with E-state index in [0.29, 0.717) is 17.7 Å². The van der Waals surface area contributed by atoms with Crippen molar-refractivity contribution in [1.29, 1.82) is 0 Å². The van der Waals surface area contributed by atoms with E-state index in [1.165, 1.54) is 24.3 Å². The maximum Gasteiger partial charge on any atom is 0.306 e. The van der Waals surface area contributed by atoms with E-state index < -0.39 is 12.1 Å². The Morgan fingerprint density at radius 3 is 2.44 bits per heavy atom. The molecule has 0 bridgehead atoms. The van der Waals surface area contributed by atoms with Crippen molar-refractivity contribution in [2.24, 2.45) is 5.84 Å². The molecule has 0 aromatic heterocycles. The number of hydrogen-bond acceptors (Lipinski definition) is 4. The number of carboxylic acid groups (broad SMARTS) is 1. The van der Waals surface area contributed by atoms with Gasteiger partial charge in [0.05, 0.1) is 18.2 Å². The van der Waals surface area contributed by atoms with Crippen molar-refractivity contribution in [2.45, 2.75) is 12.5 Å². The number of carbonyl (C=O) groups excluding carboxylic acids is 1. The van der Waals surface area contributed by atoms with Gasteiger partial charge in [-0.25, -0.2) is 5.84 Å². The van der Waals surface area contributed by atoms with E-state index in [2.05, 4.69) is 0 Å². The molecule has 6 heteroatoms. The summed E-state index contributed by atoms with van der Waals surface area (Å²) < 4.78 is 0. The first kappa shape index (κ1) is 12.2. The topological polar surface area (TPSA) is 104 Å². The first-order valence-electron chi connectivity index (χ1n) is 4.53. The Kier molecular flexibility index (Phi) is 3.98. The maximum absolute atomic E-state index is 10.4. The van der Waals surface area contributed by atoms with Crippen LogP contribution in [0.5, 0.6) is 0 Å². The van der Waals surface area contributed by atoms with Gasteiger partial charge in [-0.1, -0.05) is 12.1 Å². The Morgan fingerprint density at radius 1 is 1.44 bits per heavy atom. The number of aliphatic hydroxyl groups excluding tert-OH is 1. The van der Waals surface area contributed by atoms with Crippen molar-refractivity contribution in [1.82, 2.24) is 0 Å². The Labute approximate surface area is 91.9 Å². The van der Waals surface area contributed by atoms with E-state index in [1.807, 2.05) is 0 Å². The number of hydrazine groups is 1. The van der Waals surface area contributed by atoms with E-state index >= 15 is 0 Å². The molecular formula is C10H12N2O4. The van der Waals surface area contributed by atoms with Gasteiger partial charge in [0.15, 0.2) is 0 Å². The molecule has 0 fully saturated rings. The second kappa shape index (κ2) is 5.24.